The Bertz CT molecular complexity index is 2790. The molecule has 0 unspecified atom stereocenters. The lowest BCUT2D eigenvalue weighted by molar-refractivity contribution is -0.140. The van der Waals surface area contributed by atoms with E-state index in [4.69, 9.17) is 4.74 Å². The molecule has 0 atom stereocenters. The highest BCUT2D eigenvalue weighted by atomic mass is 16.5. The molecular weight excluding hydrogens is 901 g/mol. The summed E-state index contributed by atoms with van der Waals surface area (Å²) in [5, 5.41) is 30.6. The number of ether oxygens (including phenoxy) is 1. The Kier molecular flexibility index (Phi) is 20.5. The average Bonchev–Trinajstić information content (AvgIpc) is 3.42. The molecule has 0 saturated carbocycles. The van der Waals surface area contributed by atoms with Crippen molar-refractivity contribution >= 4 is 24.1 Å². The highest BCUT2D eigenvalue weighted by Gasteiger charge is 2.33. The van der Waals surface area contributed by atoms with E-state index in [0.29, 0.717) is 25.7 Å². The number of aliphatic hydroxyl groups is 2. The number of carbonyl (C=O) groups excluding carboxylic acids is 1. The van der Waals surface area contributed by atoms with Crippen LogP contribution in [0.3, 0.4) is 0 Å². The van der Waals surface area contributed by atoms with Crippen molar-refractivity contribution in [3.05, 3.63) is 201 Å². The second-order valence-corrected chi connectivity index (χ2v) is 19.8. The van der Waals surface area contributed by atoms with Crippen molar-refractivity contribution in [2.75, 3.05) is 7.11 Å². The molecule has 0 aromatic heterocycles. The molecule has 0 saturated heterocycles. The molecule has 3 N–H and O–H groups in total. The van der Waals surface area contributed by atoms with Crippen molar-refractivity contribution in [3.8, 4) is 22.3 Å². The number of benzene rings is 6. The number of carboxylic acid groups (broad SMARTS) is 1. The average molecular weight is 983 g/mol. The second-order valence-electron chi connectivity index (χ2n) is 19.8. The van der Waals surface area contributed by atoms with Crippen LogP contribution in [0.25, 0.3) is 34.4 Å². The largest absolute Gasteiger partial charge is 0.481 e. The first-order valence-electron chi connectivity index (χ1n) is 26.7. The molecule has 0 aliphatic carbocycles. The third-order valence-electron chi connectivity index (χ3n) is 16.1. The summed E-state index contributed by atoms with van der Waals surface area (Å²) in [6.07, 6.45) is 15.0. The minimum absolute atomic E-state index is 0.0137. The summed E-state index contributed by atoms with van der Waals surface area (Å²) in [7, 11) is 1.43. The van der Waals surface area contributed by atoms with Crippen LogP contribution in [0, 0.1) is 13.8 Å². The van der Waals surface area contributed by atoms with Gasteiger partial charge in [-0.05, 0) is 143 Å². The lowest BCUT2D eigenvalue weighted by Gasteiger charge is -2.34. The SMILES string of the molecule is CCC(O)(/C=C/c1ccc(C(CC)(CC)c2ccc(-c3ccccc3CC(=O)O)cc2)cc1C)CC.CCC(O)(/C=C/c1ccc(C(CC)(CC)c2ccc(-c3ccccc3CC(=O)OC)cc2)cc1C)CC. The molecular formula is C67H82O6. The molecule has 0 spiro atoms. The first-order valence-corrected chi connectivity index (χ1v) is 26.7. The molecule has 0 bridgehead atoms. The highest BCUT2D eigenvalue weighted by Crippen LogP contribution is 2.42. The van der Waals surface area contributed by atoms with Gasteiger partial charge in [0.1, 0.15) is 0 Å². The molecule has 0 radical (unpaired) electrons. The number of hydrogen-bond acceptors (Lipinski definition) is 5. The Morgan fingerprint density at radius 1 is 0.466 bits per heavy atom. The highest BCUT2D eigenvalue weighted by molar-refractivity contribution is 5.78. The van der Waals surface area contributed by atoms with E-state index in [-0.39, 0.29) is 29.6 Å². The van der Waals surface area contributed by atoms with Crippen molar-refractivity contribution in [3.63, 3.8) is 0 Å². The molecule has 0 heterocycles. The summed E-state index contributed by atoms with van der Waals surface area (Å²) in [5.41, 5.74) is 14.1. The van der Waals surface area contributed by atoms with Crippen molar-refractivity contribution in [2.24, 2.45) is 0 Å². The summed E-state index contributed by atoms with van der Waals surface area (Å²) in [5.74, 6) is -1.06. The van der Waals surface area contributed by atoms with Crippen LogP contribution in [0.2, 0.25) is 0 Å². The van der Waals surface area contributed by atoms with Gasteiger partial charge in [0.05, 0.1) is 31.2 Å². The third-order valence-corrected chi connectivity index (χ3v) is 16.1. The maximum absolute atomic E-state index is 11.9. The van der Waals surface area contributed by atoms with Crippen LogP contribution < -0.4 is 0 Å². The van der Waals surface area contributed by atoms with Crippen molar-refractivity contribution < 1.29 is 29.6 Å². The Morgan fingerprint density at radius 2 is 0.808 bits per heavy atom. The number of carboxylic acids is 1. The maximum atomic E-state index is 11.9. The predicted octanol–water partition coefficient (Wildman–Crippen LogP) is 16.0. The van der Waals surface area contributed by atoms with Crippen LogP contribution >= 0.6 is 0 Å². The third kappa shape index (κ3) is 13.6. The zero-order chi connectivity index (χ0) is 53.4. The fraction of sp³-hybridized carbons (Fsp3) is 0.373. The van der Waals surface area contributed by atoms with Crippen LogP contribution in [0.5, 0.6) is 0 Å². The van der Waals surface area contributed by atoms with E-state index >= 15 is 0 Å². The second kappa shape index (κ2) is 26.0. The van der Waals surface area contributed by atoms with Crippen LogP contribution in [0.15, 0.2) is 146 Å². The van der Waals surface area contributed by atoms with Crippen LogP contribution in [0.1, 0.15) is 162 Å². The van der Waals surface area contributed by atoms with Gasteiger partial charge in [0, 0.05) is 10.8 Å². The van der Waals surface area contributed by atoms with Gasteiger partial charge in [-0.25, -0.2) is 0 Å². The van der Waals surface area contributed by atoms with E-state index in [2.05, 4.69) is 145 Å². The van der Waals surface area contributed by atoms with Gasteiger partial charge in [-0.2, -0.15) is 0 Å². The summed E-state index contributed by atoms with van der Waals surface area (Å²) in [6, 6.07) is 46.6. The van der Waals surface area contributed by atoms with Crippen molar-refractivity contribution in [1.29, 1.82) is 0 Å². The summed E-state index contributed by atoms with van der Waals surface area (Å²) >= 11 is 0. The normalized spacial score (nSPS) is 12.2. The molecule has 73 heavy (non-hydrogen) atoms. The molecule has 0 fully saturated rings. The standard InChI is InChI=1S/C34H42O3.C33H40O3/c1-7-33(36,8-2)22-21-26-15-20-30(23-25(26)5)34(9-3,10-4)29-18-16-27(17-19-29)31-14-12-11-13-28(31)24-32(35)37-6;1-6-32(36,7-2)21-20-25-14-19-29(22-24(25)5)33(8-3,9-4)28-17-15-26(16-18-28)30-13-11-10-12-27(30)23-31(34)35/h11-23,36H,7-10,24H2,1-6H3;10-22,36H,6-9,23H2,1-5H3,(H,34,35)/b22-21+;21-20+. The van der Waals surface area contributed by atoms with E-state index in [1.165, 1.54) is 40.5 Å². The first kappa shape index (κ1) is 57.6. The number of methoxy groups -OCH3 is 1. The Hall–Kier alpha value is -6.34. The number of aryl methyl sites for hydroxylation is 2. The van der Waals surface area contributed by atoms with Gasteiger partial charge in [0.25, 0.3) is 0 Å². The number of esters is 1. The fourth-order valence-corrected chi connectivity index (χ4v) is 10.5. The van der Waals surface area contributed by atoms with Crippen LogP contribution in [-0.4, -0.2) is 45.6 Å². The number of aliphatic carboxylic acids is 1. The molecule has 0 amide bonds. The molecule has 6 rings (SSSR count). The molecule has 0 aliphatic heterocycles. The Balaban J connectivity index is 0.000000271. The van der Waals surface area contributed by atoms with Crippen LogP contribution in [0.4, 0.5) is 0 Å². The van der Waals surface area contributed by atoms with Gasteiger partial charge in [-0.3, -0.25) is 9.59 Å². The molecule has 386 valence electrons. The topological polar surface area (TPSA) is 104 Å². The van der Waals surface area contributed by atoms with Gasteiger partial charge in [-0.15, -0.1) is 0 Å². The molecule has 6 aromatic rings. The lowest BCUT2D eigenvalue weighted by atomic mass is 9.70. The molecule has 0 aliphatic rings. The predicted molar refractivity (Wildman–Crippen MR) is 305 cm³/mol. The zero-order valence-electron chi connectivity index (χ0n) is 45.6. The smallest absolute Gasteiger partial charge is 0.309 e. The summed E-state index contributed by atoms with van der Waals surface area (Å²) in [6.45, 7) is 21.3. The number of carbonyl (C=O) groups is 2. The maximum Gasteiger partial charge on any atom is 0.309 e. The Morgan fingerprint density at radius 3 is 1.12 bits per heavy atom. The van der Waals surface area contributed by atoms with E-state index in [1.54, 1.807) is 0 Å². The molecule has 6 aromatic carbocycles. The zero-order valence-corrected chi connectivity index (χ0v) is 45.6. The van der Waals surface area contributed by atoms with Gasteiger partial charge < -0.3 is 20.1 Å². The first-order chi connectivity index (χ1) is 35.0. The monoisotopic (exact) mass is 983 g/mol. The quantitative estimate of drug-likeness (QED) is 0.0586. The minimum atomic E-state index is -0.821. The van der Waals surface area contributed by atoms with Gasteiger partial charge in [-0.1, -0.05) is 213 Å². The summed E-state index contributed by atoms with van der Waals surface area (Å²) in [4.78, 5) is 23.2. The van der Waals surface area contributed by atoms with Gasteiger partial charge >= 0.3 is 11.9 Å². The van der Waals surface area contributed by atoms with E-state index in [0.717, 1.165) is 70.2 Å². The van der Waals surface area contributed by atoms with Crippen molar-refractivity contribution in [2.45, 2.75) is 155 Å². The Labute approximate surface area is 437 Å². The van der Waals surface area contributed by atoms with E-state index < -0.39 is 17.2 Å². The van der Waals surface area contributed by atoms with Crippen LogP contribution in [-0.2, 0) is 38.0 Å². The fourth-order valence-electron chi connectivity index (χ4n) is 10.5. The summed E-state index contributed by atoms with van der Waals surface area (Å²) < 4.78 is 4.89. The number of hydrogen-bond donors (Lipinski definition) is 3. The minimum Gasteiger partial charge on any atom is -0.481 e. The van der Waals surface area contributed by atoms with Gasteiger partial charge in [0.15, 0.2) is 0 Å². The molecule has 6 heteroatoms. The number of rotatable bonds is 22. The molecule has 6 nitrogen and oxygen atoms in total. The van der Waals surface area contributed by atoms with E-state index in [1.807, 2.05) is 82.3 Å². The lowest BCUT2D eigenvalue weighted by Crippen LogP contribution is -2.26. The van der Waals surface area contributed by atoms with Gasteiger partial charge in [0.2, 0.25) is 0 Å². The van der Waals surface area contributed by atoms with E-state index in [9.17, 15) is 24.9 Å². The van der Waals surface area contributed by atoms with Crippen molar-refractivity contribution in [1.82, 2.24) is 0 Å².